The molecular weight excluding hydrogens is 442 g/mol. The molecule has 2 aromatic rings. The van der Waals surface area contributed by atoms with Gasteiger partial charge in [0.25, 0.3) is 0 Å². The zero-order chi connectivity index (χ0) is 24.1. The first-order valence-corrected chi connectivity index (χ1v) is 13.7. The number of piperazine rings is 1. The molecular formula is C28H39N3O2S. The van der Waals surface area contributed by atoms with Gasteiger partial charge in [-0.25, -0.2) is 0 Å². The van der Waals surface area contributed by atoms with Crippen molar-refractivity contribution >= 4 is 23.2 Å². The molecule has 2 fully saturated rings. The zero-order valence-electron chi connectivity index (χ0n) is 20.9. The number of likely N-dealkylation sites (tertiary alicyclic amines) is 1. The molecule has 1 atom stereocenters. The molecule has 0 saturated carbocycles. The van der Waals surface area contributed by atoms with E-state index in [4.69, 9.17) is 0 Å². The van der Waals surface area contributed by atoms with E-state index in [-0.39, 0.29) is 17.9 Å². The van der Waals surface area contributed by atoms with Crippen molar-refractivity contribution in [1.29, 1.82) is 0 Å². The van der Waals surface area contributed by atoms with E-state index in [1.54, 1.807) is 0 Å². The van der Waals surface area contributed by atoms with Crippen LogP contribution in [0, 0.1) is 5.92 Å². The molecule has 0 radical (unpaired) electrons. The van der Waals surface area contributed by atoms with Crippen LogP contribution >= 0.6 is 11.3 Å². The summed E-state index contributed by atoms with van der Waals surface area (Å²) in [6.07, 6.45) is 5.07. The highest BCUT2D eigenvalue weighted by Crippen LogP contribution is 2.35. The smallest absolute Gasteiger partial charge is 0.246 e. The summed E-state index contributed by atoms with van der Waals surface area (Å²) in [7, 11) is 0. The highest BCUT2D eigenvalue weighted by atomic mass is 32.1. The summed E-state index contributed by atoms with van der Waals surface area (Å²) in [5, 5.41) is 3.11. The van der Waals surface area contributed by atoms with Gasteiger partial charge in [0.1, 0.15) is 11.6 Å². The molecule has 2 saturated heterocycles. The van der Waals surface area contributed by atoms with Crippen LogP contribution in [0.2, 0.25) is 0 Å². The summed E-state index contributed by atoms with van der Waals surface area (Å²) in [5.41, 5.74) is 0.663. The van der Waals surface area contributed by atoms with Gasteiger partial charge < -0.3 is 10.2 Å². The summed E-state index contributed by atoms with van der Waals surface area (Å²) in [4.78, 5) is 34.0. The molecule has 1 unspecified atom stereocenters. The van der Waals surface area contributed by atoms with Crippen LogP contribution < -0.4 is 5.32 Å². The molecule has 184 valence electrons. The van der Waals surface area contributed by atoms with E-state index in [9.17, 15) is 9.59 Å². The number of nitrogens with one attached hydrogen (secondary N) is 1. The number of carbonyl (C=O) groups is 2. The van der Waals surface area contributed by atoms with Crippen molar-refractivity contribution in [2.45, 2.75) is 77.4 Å². The predicted molar refractivity (Wildman–Crippen MR) is 139 cm³/mol. The van der Waals surface area contributed by atoms with E-state index >= 15 is 0 Å². The Bertz CT molecular complexity index is 963. The molecule has 1 spiro atoms. The second-order valence-corrected chi connectivity index (χ2v) is 11.6. The average molecular weight is 482 g/mol. The van der Waals surface area contributed by atoms with Crippen molar-refractivity contribution in [2.24, 2.45) is 5.92 Å². The number of carbonyl (C=O) groups excluding carboxylic acids is 2. The third-order valence-electron chi connectivity index (χ3n) is 7.25. The van der Waals surface area contributed by atoms with Crippen LogP contribution in [0.4, 0.5) is 0 Å². The van der Waals surface area contributed by atoms with E-state index in [1.165, 1.54) is 15.3 Å². The number of hydrogen-bond donors (Lipinski definition) is 1. The van der Waals surface area contributed by atoms with Gasteiger partial charge in [-0.05, 0) is 49.3 Å². The minimum absolute atomic E-state index is 0.0646. The van der Waals surface area contributed by atoms with Gasteiger partial charge in [0.05, 0.1) is 0 Å². The first-order chi connectivity index (χ1) is 16.4. The Balaban J connectivity index is 1.39. The lowest BCUT2D eigenvalue weighted by atomic mass is 9.80. The van der Waals surface area contributed by atoms with Crippen LogP contribution in [0.1, 0.15) is 68.2 Å². The molecule has 0 aliphatic carbocycles. The van der Waals surface area contributed by atoms with Gasteiger partial charge in [-0.3, -0.25) is 14.5 Å². The largest absolute Gasteiger partial charge is 0.342 e. The Labute approximate surface area is 208 Å². The van der Waals surface area contributed by atoms with Crippen LogP contribution in [-0.2, 0) is 22.6 Å². The van der Waals surface area contributed by atoms with Crippen LogP contribution in [0.5, 0.6) is 0 Å². The molecule has 1 aromatic carbocycles. The molecule has 4 rings (SSSR count). The van der Waals surface area contributed by atoms with Gasteiger partial charge in [0.15, 0.2) is 0 Å². The Kier molecular flexibility index (Phi) is 8.10. The Hall–Kier alpha value is -2.18. The third-order valence-corrected chi connectivity index (χ3v) is 8.32. The van der Waals surface area contributed by atoms with Crippen LogP contribution in [0.15, 0.2) is 42.5 Å². The minimum Gasteiger partial charge on any atom is -0.342 e. The van der Waals surface area contributed by atoms with Crippen LogP contribution in [0.25, 0.3) is 0 Å². The minimum atomic E-state index is -0.676. The van der Waals surface area contributed by atoms with Gasteiger partial charge in [-0.15, -0.1) is 11.3 Å². The SMILES string of the molecule is CCCCN1C(=O)C(CC(C)C)NC(=O)C12CCN(Cc1ccc(Cc3ccccc3)s1)CC2. The summed E-state index contributed by atoms with van der Waals surface area (Å²) in [6, 6.07) is 14.7. The third kappa shape index (κ3) is 5.55. The summed E-state index contributed by atoms with van der Waals surface area (Å²) in [6.45, 7) is 9.63. The molecule has 6 heteroatoms. The van der Waals surface area contributed by atoms with Gasteiger partial charge in [0.2, 0.25) is 11.8 Å². The summed E-state index contributed by atoms with van der Waals surface area (Å²) in [5.74, 6) is 0.560. The Morgan fingerprint density at radius 2 is 1.76 bits per heavy atom. The maximum atomic E-state index is 13.4. The first-order valence-electron chi connectivity index (χ1n) is 12.9. The number of benzene rings is 1. The summed E-state index contributed by atoms with van der Waals surface area (Å²) < 4.78 is 0. The van der Waals surface area contributed by atoms with Crippen LogP contribution in [-0.4, -0.2) is 52.8 Å². The highest BCUT2D eigenvalue weighted by molar-refractivity contribution is 7.12. The molecule has 2 aliphatic rings. The molecule has 5 nitrogen and oxygen atoms in total. The van der Waals surface area contributed by atoms with E-state index in [0.717, 1.165) is 38.9 Å². The summed E-state index contributed by atoms with van der Waals surface area (Å²) >= 11 is 1.88. The fraction of sp³-hybridized carbons (Fsp3) is 0.571. The van der Waals surface area contributed by atoms with Gasteiger partial charge >= 0.3 is 0 Å². The zero-order valence-corrected chi connectivity index (χ0v) is 21.7. The molecule has 34 heavy (non-hydrogen) atoms. The molecule has 3 heterocycles. The van der Waals surface area contributed by atoms with E-state index in [0.29, 0.717) is 31.7 Å². The fourth-order valence-corrected chi connectivity index (χ4v) is 6.44. The predicted octanol–water partition coefficient (Wildman–Crippen LogP) is 4.85. The number of nitrogens with zero attached hydrogens (tertiary/aromatic N) is 2. The highest BCUT2D eigenvalue weighted by Gasteiger charge is 2.53. The number of amides is 2. The fourth-order valence-electron chi connectivity index (χ4n) is 5.35. The van der Waals surface area contributed by atoms with Crippen molar-refractivity contribution in [1.82, 2.24) is 15.1 Å². The number of unbranched alkanes of at least 4 members (excludes halogenated alkanes) is 1. The number of hydrogen-bond acceptors (Lipinski definition) is 4. The molecule has 2 amide bonds. The van der Waals surface area contributed by atoms with Crippen molar-refractivity contribution in [3.63, 3.8) is 0 Å². The Morgan fingerprint density at radius 1 is 1.06 bits per heavy atom. The average Bonchev–Trinajstić information content (AvgIpc) is 3.26. The second-order valence-electron chi connectivity index (χ2n) is 10.3. The maximum Gasteiger partial charge on any atom is 0.246 e. The monoisotopic (exact) mass is 481 g/mol. The van der Waals surface area contributed by atoms with Crippen molar-refractivity contribution < 1.29 is 9.59 Å². The topological polar surface area (TPSA) is 52.7 Å². The van der Waals surface area contributed by atoms with E-state index in [2.05, 4.69) is 73.5 Å². The first kappa shape index (κ1) is 24.9. The number of piperidine rings is 1. The lowest BCUT2D eigenvalue weighted by Crippen LogP contribution is -2.73. The molecule has 1 N–H and O–H groups in total. The van der Waals surface area contributed by atoms with Crippen molar-refractivity contribution in [3.05, 3.63) is 57.8 Å². The van der Waals surface area contributed by atoms with E-state index in [1.807, 2.05) is 16.2 Å². The lowest BCUT2D eigenvalue weighted by molar-refractivity contribution is -0.161. The van der Waals surface area contributed by atoms with Crippen molar-refractivity contribution in [2.75, 3.05) is 19.6 Å². The van der Waals surface area contributed by atoms with Gasteiger partial charge in [-0.2, -0.15) is 0 Å². The number of thiophene rings is 1. The standard InChI is InChI=1S/C28H39N3O2S/c1-4-5-15-31-26(32)25(18-21(2)3)29-27(33)28(31)13-16-30(17-14-28)20-24-12-11-23(34-24)19-22-9-7-6-8-10-22/h6-12,21,25H,4-5,13-20H2,1-3H3,(H,29,33). The molecule has 0 bridgehead atoms. The normalized spacial score (nSPS) is 20.8. The quantitative estimate of drug-likeness (QED) is 0.557. The second kappa shape index (κ2) is 11.0. The van der Waals surface area contributed by atoms with Crippen molar-refractivity contribution in [3.8, 4) is 0 Å². The lowest BCUT2D eigenvalue weighted by Gasteiger charge is -2.52. The Morgan fingerprint density at radius 3 is 2.44 bits per heavy atom. The van der Waals surface area contributed by atoms with E-state index < -0.39 is 5.54 Å². The molecule has 1 aromatic heterocycles. The molecule has 2 aliphatic heterocycles. The maximum absolute atomic E-state index is 13.4. The van der Waals surface area contributed by atoms with Gasteiger partial charge in [0, 0.05) is 42.4 Å². The number of rotatable bonds is 9. The van der Waals surface area contributed by atoms with Crippen LogP contribution in [0.3, 0.4) is 0 Å². The van der Waals surface area contributed by atoms with Gasteiger partial charge in [-0.1, -0.05) is 57.5 Å².